The molecule has 220 valence electrons. The number of benzene rings is 3. The fraction of sp³-hybridized carbons (Fsp3) is 0.0976. The quantitative estimate of drug-likeness (QED) is 0.213. The molecular formula is C41H36N4. The summed E-state index contributed by atoms with van der Waals surface area (Å²) in [6.07, 6.45) is 14.6. The Morgan fingerprint density at radius 3 is 1.96 bits per heavy atom. The van der Waals surface area contributed by atoms with E-state index in [0.717, 1.165) is 66.4 Å². The zero-order valence-electron chi connectivity index (χ0n) is 26.3. The summed E-state index contributed by atoms with van der Waals surface area (Å²) in [6, 6.07) is 27.1. The Kier molecular flexibility index (Phi) is 8.22. The molecule has 0 aliphatic carbocycles. The molecule has 3 heterocycles. The minimum Gasteiger partial charge on any atom is -0.282 e. The van der Waals surface area contributed by atoms with Crippen LogP contribution < -0.4 is 10.6 Å². The zero-order chi connectivity index (χ0) is 31.5. The lowest BCUT2D eigenvalue weighted by molar-refractivity contribution is 0.862. The van der Waals surface area contributed by atoms with E-state index >= 15 is 0 Å². The van der Waals surface area contributed by atoms with Gasteiger partial charge in [0.05, 0.1) is 5.35 Å². The highest BCUT2D eigenvalue weighted by Crippen LogP contribution is 2.30. The first-order valence-electron chi connectivity index (χ1n) is 15.2. The van der Waals surface area contributed by atoms with Crippen LogP contribution in [0.4, 0.5) is 0 Å². The SMILES string of the molecule is C=CC1=C/C(=C\C)c2cccc(c2)-c2cccc(c2)-c2nc(-c3ccccc3)nc(n2)-n2c(C)c(/C=C\C)/c(=C/C)c2=CC1=C. The van der Waals surface area contributed by atoms with Crippen LogP contribution in [0.1, 0.15) is 37.6 Å². The molecule has 0 atom stereocenters. The average molecular weight is 585 g/mol. The Bertz CT molecular complexity index is 2170. The smallest absolute Gasteiger partial charge is 0.238 e. The molecule has 0 fully saturated rings. The first-order valence-corrected chi connectivity index (χ1v) is 15.2. The largest absolute Gasteiger partial charge is 0.282 e. The molecule has 0 amide bonds. The van der Waals surface area contributed by atoms with E-state index in [0.29, 0.717) is 17.6 Å². The van der Waals surface area contributed by atoms with Crippen LogP contribution in [0.15, 0.2) is 127 Å². The lowest BCUT2D eigenvalue weighted by Crippen LogP contribution is -2.30. The van der Waals surface area contributed by atoms with Gasteiger partial charge in [-0.15, -0.1) is 0 Å². The van der Waals surface area contributed by atoms with Gasteiger partial charge in [0, 0.05) is 27.6 Å². The lowest BCUT2D eigenvalue weighted by Gasteiger charge is -2.13. The number of hydrogen-bond donors (Lipinski definition) is 0. The fourth-order valence-corrected chi connectivity index (χ4v) is 5.89. The van der Waals surface area contributed by atoms with Gasteiger partial charge in [0.1, 0.15) is 0 Å². The predicted molar refractivity (Wildman–Crippen MR) is 190 cm³/mol. The monoisotopic (exact) mass is 584 g/mol. The molecule has 0 saturated heterocycles. The third kappa shape index (κ3) is 5.59. The van der Waals surface area contributed by atoms with Gasteiger partial charge in [0.25, 0.3) is 0 Å². The number of fused-ring (bicyclic) bond motifs is 10. The van der Waals surface area contributed by atoms with Crippen molar-refractivity contribution in [2.45, 2.75) is 27.7 Å². The van der Waals surface area contributed by atoms with Crippen molar-refractivity contribution in [1.29, 1.82) is 0 Å². The van der Waals surface area contributed by atoms with Crippen molar-refractivity contribution in [3.63, 3.8) is 0 Å². The van der Waals surface area contributed by atoms with Crippen molar-refractivity contribution < 1.29 is 0 Å². The van der Waals surface area contributed by atoms with Gasteiger partial charge in [0.15, 0.2) is 11.6 Å². The van der Waals surface area contributed by atoms with Crippen molar-refractivity contribution in [3.8, 4) is 39.9 Å². The molecule has 0 unspecified atom stereocenters. The van der Waals surface area contributed by atoms with Gasteiger partial charge in [-0.25, -0.2) is 4.98 Å². The molecule has 4 heteroatoms. The highest BCUT2D eigenvalue weighted by molar-refractivity contribution is 5.81. The molecule has 0 N–H and O–H groups in total. The van der Waals surface area contributed by atoms with E-state index in [1.807, 2.05) is 43.3 Å². The molecule has 0 saturated carbocycles. The highest BCUT2D eigenvalue weighted by Gasteiger charge is 2.18. The van der Waals surface area contributed by atoms with Crippen molar-refractivity contribution in [1.82, 2.24) is 19.5 Å². The molecule has 4 nitrogen and oxygen atoms in total. The van der Waals surface area contributed by atoms with Crippen LogP contribution in [-0.4, -0.2) is 19.5 Å². The summed E-state index contributed by atoms with van der Waals surface area (Å²) in [4.78, 5) is 15.2. The highest BCUT2D eigenvalue weighted by atomic mass is 15.2. The molecule has 6 bridgehead atoms. The van der Waals surface area contributed by atoms with E-state index in [9.17, 15) is 0 Å². The first kappa shape index (κ1) is 29.5. The Labute approximate surface area is 265 Å². The van der Waals surface area contributed by atoms with Gasteiger partial charge in [-0.1, -0.05) is 110 Å². The van der Waals surface area contributed by atoms with Crippen LogP contribution in [0.3, 0.4) is 0 Å². The molecule has 1 aliphatic heterocycles. The second kappa shape index (κ2) is 12.6. The standard InChI is InChI=1S/C41H36N4/c1-7-16-37-28(6)45-38(36(37)10-4)23-27(5)29(8-2)24-30(9-3)32-19-14-20-33(25-32)34-21-15-22-35(26-34)40-42-39(43-41(45)44-40)31-17-12-11-13-18-31/h7-26H,2,5H2,1,3-4,6H3/b16-7-,29-24?,30-9+,36-10-,38-23?. The molecule has 2 aromatic heterocycles. The number of nitrogens with zero attached hydrogens (tertiary/aromatic N) is 4. The van der Waals surface area contributed by atoms with Crippen LogP contribution in [0.25, 0.3) is 63.7 Å². The van der Waals surface area contributed by atoms with Crippen LogP contribution in [-0.2, 0) is 0 Å². The number of aromatic nitrogens is 4. The van der Waals surface area contributed by atoms with Crippen LogP contribution in [0, 0.1) is 6.92 Å². The van der Waals surface area contributed by atoms with E-state index in [1.165, 1.54) is 0 Å². The summed E-state index contributed by atoms with van der Waals surface area (Å²) in [5, 5.41) is 2.03. The summed E-state index contributed by atoms with van der Waals surface area (Å²) in [5.74, 6) is 1.77. The van der Waals surface area contributed by atoms with Crippen molar-refractivity contribution in [3.05, 3.63) is 155 Å². The van der Waals surface area contributed by atoms with Crippen LogP contribution >= 0.6 is 0 Å². The average Bonchev–Trinajstić information content (AvgIpc) is 3.34. The topological polar surface area (TPSA) is 43.6 Å². The molecule has 5 aromatic rings. The number of hydrogen-bond acceptors (Lipinski definition) is 3. The van der Waals surface area contributed by atoms with Crippen molar-refractivity contribution in [2.24, 2.45) is 0 Å². The molecule has 0 radical (unpaired) electrons. The molecule has 1 aliphatic rings. The van der Waals surface area contributed by atoms with E-state index in [1.54, 1.807) is 0 Å². The Hall–Kier alpha value is -5.61. The van der Waals surface area contributed by atoms with Crippen molar-refractivity contribution in [2.75, 3.05) is 0 Å². The third-order valence-corrected chi connectivity index (χ3v) is 8.18. The maximum atomic E-state index is 5.14. The normalized spacial score (nSPS) is 14.3. The molecule has 6 rings (SSSR count). The van der Waals surface area contributed by atoms with Crippen LogP contribution in [0.2, 0.25) is 0 Å². The Balaban J connectivity index is 1.78. The predicted octanol–water partition coefficient (Wildman–Crippen LogP) is 8.67. The summed E-state index contributed by atoms with van der Waals surface area (Å²) < 4.78 is 2.13. The van der Waals surface area contributed by atoms with Crippen molar-refractivity contribution >= 4 is 23.8 Å². The maximum Gasteiger partial charge on any atom is 0.238 e. The first-order chi connectivity index (χ1) is 21.9. The summed E-state index contributed by atoms with van der Waals surface area (Å²) in [6.45, 7) is 17.0. The second-order valence-corrected chi connectivity index (χ2v) is 10.9. The van der Waals surface area contributed by atoms with Gasteiger partial charge >= 0.3 is 0 Å². The lowest BCUT2D eigenvalue weighted by atomic mass is 9.95. The van der Waals surface area contributed by atoms with E-state index in [4.69, 9.17) is 15.0 Å². The Morgan fingerprint density at radius 1 is 0.689 bits per heavy atom. The molecule has 0 spiro atoms. The van der Waals surface area contributed by atoms with Gasteiger partial charge in [-0.05, 0) is 85.4 Å². The minimum absolute atomic E-state index is 0.548. The van der Waals surface area contributed by atoms with Gasteiger partial charge < -0.3 is 0 Å². The second-order valence-electron chi connectivity index (χ2n) is 10.9. The molecule has 3 aromatic carbocycles. The molecular weight excluding hydrogens is 548 g/mol. The van der Waals surface area contributed by atoms with E-state index in [2.05, 4.69) is 123 Å². The molecule has 45 heavy (non-hydrogen) atoms. The fourth-order valence-electron chi connectivity index (χ4n) is 5.89. The summed E-state index contributed by atoms with van der Waals surface area (Å²) in [5.41, 5.74) is 10.2. The van der Waals surface area contributed by atoms with Gasteiger partial charge in [-0.2, -0.15) is 9.97 Å². The summed E-state index contributed by atoms with van der Waals surface area (Å²) >= 11 is 0. The van der Waals surface area contributed by atoms with Gasteiger partial charge in [-0.3, -0.25) is 4.57 Å². The summed E-state index contributed by atoms with van der Waals surface area (Å²) in [7, 11) is 0. The van der Waals surface area contributed by atoms with Crippen LogP contribution in [0.5, 0.6) is 0 Å². The van der Waals surface area contributed by atoms with Gasteiger partial charge in [0.2, 0.25) is 5.95 Å². The zero-order valence-corrected chi connectivity index (χ0v) is 26.3. The number of allylic oxidation sites excluding steroid dienone is 7. The minimum atomic E-state index is 0.548. The Morgan fingerprint density at radius 2 is 1.31 bits per heavy atom. The van der Waals surface area contributed by atoms with E-state index in [-0.39, 0.29) is 0 Å². The van der Waals surface area contributed by atoms with E-state index < -0.39 is 0 Å². The maximum absolute atomic E-state index is 5.14. The third-order valence-electron chi connectivity index (χ3n) is 8.18. The number of rotatable bonds is 3.